The van der Waals surface area contributed by atoms with Gasteiger partial charge in [0.15, 0.2) is 0 Å². The molecular formula is C8H8N2OS. The second-order valence-corrected chi connectivity index (χ2v) is 3.77. The number of nitrogens with zero attached hydrogens (tertiary/aromatic N) is 1. The molecule has 1 fully saturated rings. The molecule has 0 bridgehead atoms. The maximum absolute atomic E-state index is 10.6. The van der Waals surface area contributed by atoms with Gasteiger partial charge in [0, 0.05) is 6.20 Å². The van der Waals surface area contributed by atoms with E-state index in [-0.39, 0.29) is 11.3 Å². The Bertz CT molecular complexity index is 280. The molecule has 3 nitrogen and oxygen atoms in total. The fraction of sp³-hybridized carbons (Fsp3) is 0.250. The number of thioether (sulfide) groups is 1. The van der Waals surface area contributed by atoms with Crippen molar-refractivity contribution in [1.29, 1.82) is 0 Å². The van der Waals surface area contributed by atoms with E-state index in [2.05, 4.69) is 10.3 Å². The number of rotatable bonds is 2. The monoisotopic (exact) mass is 180 g/mol. The second-order valence-electron chi connectivity index (χ2n) is 2.55. The summed E-state index contributed by atoms with van der Waals surface area (Å²) in [6.07, 6.45) is 2.37. The van der Waals surface area contributed by atoms with Gasteiger partial charge >= 0.3 is 0 Å². The van der Waals surface area contributed by atoms with Crippen LogP contribution in [0.4, 0.5) is 0 Å². The number of hydrogen-bond donors (Lipinski definition) is 1. The van der Waals surface area contributed by atoms with Crippen molar-refractivity contribution in [3.8, 4) is 0 Å². The van der Waals surface area contributed by atoms with Gasteiger partial charge in [-0.2, -0.15) is 0 Å². The third-order valence-electron chi connectivity index (χ3n) is 1.59. The second kappa shape index (κ2) is 3.15. The number of β-lactam (4-membered cyclic amide) rings is 1. The first-order valence-electron chi connectivity index (χ1n) is 3.71. The Kier molecular flexibility index (Phi) is 1.99. The van der Waals surface area contributed by atoms with Gasteiger partial charge in [-0.25, -0.2) is 4.98 Å². The van der Waals surface area contributed by atoms with Crippen LogP contribution in [0, 0.1) is 0 Å². The standard InChI is InChI=1S/C8H8N2OS/c11-6-5-8(10-6)12-7-3-1-2-4-9-7/h1-4,8H,5H2,(H,10,11). The molecule has 0 saturated carbocycles. The van der Waals surface area contributed by atoms with E-state index >= 15 is 0 Å². The summed E-state index contributed by atoms with van der Waals surface area (Å²) < 4.78 is 0. The van der Waals surface area contributed by atoms with Gasteiger partial charge in [-0.05, 0) is 12.1 Å². The third kappa shape index (κ3) is 1.58. The fourth-order valence-electron chi connectivity index (χ4n) is 0.960. The first-order valence-corrected chi connectivity index (χ1v) is 4.59. The van der Waals surface area contributed by atoms with Crippen LogP contribution in [0.2, 0.25) is 0 Å². The molecule has 1 unspecified atom stereocenters. The number of aromatic nitrogens is 1. The van der Waals surface area contributed by atoms with Crippen molar-refractivity contribution >= 4 is 17.7 Å². The Hall–Kier alpha value is -1.03. The molecule has 1 atom stereocenters. The van der Waals surface area contributed by atoms with Crippen LogP contribution in [-0.4, -0.2) is 16.3 Å². The van der Waals surface area contributed by atoms with Gasteiger partial charge in [-0.3, -0.25) is 4.79 Å². The molecule has 62 valence electrons. The maximum atomic E-state index is 10.6. The van der Waals surface area contributed by atoms with Crippen LogP contribution in [0.5, 0.6) is 0 Å². The van der Waals surface area contributed by atoms with Crippen molar-refractivity contribution in [3.05, 3.63) is 24.4 Å². The Morgan fingerprint density at radius 1 is 1.58 bits per heavy atom. The van der Waals surface area contributed by atoms with Crippen molar-refractivity contribution in [2.45, 2.75) is 16.8 Å². The van der Waals surface area contributed by atoms with E-state index in [1.165, 1.54) is 0 Å². The highest BCUT2D eigenvalue weighted by Crippen LogP contribution is 2.25. The molecule has 2 heterocycles. The molecule has 1 aromatic rings. The van der Waals surface area contributed by atoms with Crippen molar-refractivity contribution in [3.63, 3.8) is 0 Å². The van der Waals surface area contributed by atoms with Crippen LogP contribution in [0.3, 0.4) is 0 Å². The van der Waals surface area contributed by atoms with Crippen LogP contribution >= 0.6 is 11.8 Å². The lowest BCUT2D eigenvalue weighted by molar-refractivity contribution is -0.126. The normalized spacial score (nSPS) is 21.3. The molecule has 1 saturated heterocycles. The topological polar surface area (TPSA) is 42.0 Å². The first-order chi connectivity index (χ1) is 5.84. The van der Waals surface area contributed by atoms with Crippen molar-refractivity contribution in [2.24, 2.45) is 0 Å². The number of carbonyl (C=O) groups excluding carboxylic acids is 1. The van der Waals surface area contributed by atoms with Gasteiger partial charge in [0.25, 0.3) is 0 Å². The quantitative estimate of drug-likeness (QED) is 0.691. The summed E-state index contributed by atoms with van der Waals surface area (Å²) in [5.41, 5.74) is 0. The highest BCUT2D eigenvalue weighted by atomic mass is 32.2. The molecule has 2 rings (SSSR count). The molecular weight excluding hydrogens is 172 g/mol. The number of hydrogen-bond acceptors (Lipinski definition) is 3. The molecule has 0 aliphatic carbocycles. The van der Waals surface area contributed by atoms with Gasteiger partial charge in [-0.15, -0.1) is 0 Å². The lowest BCUT2D eigenvalue weighted by Crippen LogP contribution is -2.46. The SMILES string of the molecule is O=C1CC(Sc2ccccn2)N1. The predicted octanol–water partition coefficient (Wildman–Crippen LogP) is 1.02. The number of amides is 1. The first kappa shape index (κ1) is 7.61. The minimum Gasteiger partial charge on any atom is -0.343 e. The summed E-state index contributed by atoms with van der Waals surface area (Å²) in [5.74, 6) is 0.128. The minimum atomic E-state index is 0.128. The van der Waals surface area contributed by atoms with Crippen LogP contribution in [0.1, 0.15) is 6.42 Å². The summed E-state index contributed by atoms with van der Waals surface area (Å²) in [6.45, 7) is 0. The van der Waals surface area contributed by atoms with Gasteiger partial charge in [0.2, 0.25) is 5.91 Å². The van der Waals surface area contributed by atoms with Gasteiger partial charge < -0.3 is 5.32 Å². The number of pyridine rings is 1. The molecule has 1 aliphatic heterocycles. The van der Waals surface area contributed by atoms with Crippen LogP contribution < -0.4 is 5.32 Å². The lowest BCUT2D eigenvalue weighted by Gasteiger charge is -2.25. The molecule has 1 aliphatic rings. The molecule has 1 aromatic heterocycles. The largest absolute Gasteiger partial charge is 0.343 e. The lowest BCUT2D eigenvalue weighted by atomic mass is 10.3. The highest BCUT2D eigenvalue weighted by molar-refractivity contribution is 8.00. The molecule has 12 heavy (non-hydrogen) atoms. The third-order valence-corrected chi connectivity index (χ3v) is 2.65. The zero-order valence-corrected chi connectivity index (χ0v) is 7.17. The average Bonchev–Trinajstić information content (AvgIpc) is 2.04. The average molecular weight is 180 g/mol. The van der Waals surface area contributed by atoms with Crippen molar-refractivity contribution < 1.29 is 4.79 Å². The smallest absolute Gasteiger partial charge is 0.223 e. The van der Waals surface area contributed by atoms with Crippen LogP contribution in [-0.2, 0) is 4.79 Å². The Balaban J connectivity index is 1.92. The van der Waals surface area contributed by atoms with E-state index in [1.54, 1.807) is 18.0 Å². The summed E-state index contributed by atoms with van der Waals surface area (Å²) in [7, 11) is 0. The zero-order chi connectivity index (χ0) is 8.39. The van der Waals surface area contributed by atoms with E-state index in [0.29, 0.717) is 6.42 Å². The Morgan fingerprint density at radius 3 is 3.00 bits per heavy atom. The molecule has 0 radical (unpaired) electrons. The number of carbonyl (C=O) groups is 1. The summed E-state index contributed by atoms with van der Waals surface area (Å²) >= 11 is 1.59. The molecule has 0 aromatic carbocycles. The Morgan fingerprint density at radius 2 is 2.42 bits per heavy atom. The summed E-state index contributed by atoms with van der Waals surface area (Å²) in [6, 6.07) is 5.76. The van der Waals surface area contributed by atoms with Crippen LogP contribution in [0.25, 0.3) is 0 Å². The van der Waals surface area contributed by atoms with Gasteiger partial charge in [-0.1, -0.05) is 17.8 Å². The summed E-state index contributed by atoms with van der Waals surface area (Å²) in [5, 5.41) is 3.96. The van der Waals surface area contributed by atoms with E-state index in [1.807, 2.05) is 18.2 Å². The molecule has 1 N–H and O–H groups in total. The van der Waals surface area contributed by atoms with Gasteiger partial charge in [0.05, 0.1) is 16.8 Å². The van der Waals surface area contributed by atoms with E-state index < -0.39 is 0 Å². The predicted molar refractivity (Wildman–Crippen MR) is 46.6 cm³/mol. The molecule has 0 spiro atoms. The van der Waals surface area contributed by atoms with E-state index in [4.69, 9.17) is 0 Å². The van der Waals surface area contributed by atoms with E-state index in [9.17, 15) is 4.79 Å². The number of nitrogens with one attached hydrogen (secondary N) is 1. The van der Waals surface area contributed by atoms with Gasteiger partial charge in [0.1, 0.15) is 0 Å². The summed E-state index contributed by atoms with van der Waals surface area (Å²) in [4.78, 5) is 14.7. The van der Waals surface area contributed by atoms with Crippen molar-refractivity contribution in [2.75, 3.05) is 0 Å². The zero-order valence-electron chi connectivity index (χ0n) is 6.36. The highest BCUT2D eigenvalue weighted by Gasteiger charge is 2.26. The minimum absolute atomic E-state index is 0.128. The molecule has 4 heteroatoms. The maximum Gasteiger partial charge on any atom is 0.223 e. The van der Waals surface area contributed by atoms with E-state index in [0.717, 1.165) is 5.03 Å². The molecule has 1 amide bonds. The Labute approximate surface area is 74.6 Å². The van der Waals surface area contributed by atoms with Crippen molar-refractivity contribution in [1.82, 2.24) is 10.3 Å². The van der Waals surface area contributed by atoms with Crippen LogP contribution in [0.15, 0.2) is 29.4 Å². The fourth-order valence-corrected chi connectivity index (χ4v) is 1.96.